The lowest BCUT2D eigenvalue weighted by Crippen LogP contribution is -2.45. The number of aliphatic hydroxyl groups is 1. The van der Waals surface area contributed by atoms with Crippen LogP contribution in [0.15, 0.2) is 23.8 Å². The summed E-state index contributed by atoms with van der Waals surface area (Å²) < 4.78 is 10.6. The van der Waals surface area contributed by atoms with E-state index in [-0.39, 0.29) is 24.3 Å². The van der Waals surface area contributed by atoms with Crippen LogP contribution in [0.2, 0.25) is 0 Å². The third kappa shape index (κ3) is 6.59. The molecule has 0 amide bonds. The first-order valence-corrected chi connectivity index (χ1v) is 9.69. The molecule has 1 aliphatic carbocycles. The van der Waals surface area contributed by atoms with E-state index in [4.69, 9.17) is 9.47 Å². The van der Waals surface area contributed by atoms with E-state index in [1.54, 1.807) is 19.9 Å². The predicted molar refractivity (Wildman–Crippen MR) is 106 cm³/mol. The van der Waals surface area contributed by atoms with E-state index >= 15 is 0 Å². The SMILES string of the molecule is CC(=O)OC(CC[C@@H]1C(C(=O)OCC=C(C)C)C=CC(=O)C1(C)C)C(C)(C)O. The molecule has 6 heteroatoms. The molecule has 0 aromatic carbocycles. The van der Waals surface area contributed by atoms with Gasteiger partial charge in [0.2, 0.25) is 0 Å². The molecule has 1 rings (SSSR count). The number of carbonyl (C=O) groups excluding carboxylic acids is 3. The number of hydrogen-bond donors (Lipinski definition) is 1. The molecule has 0 radical (unpaired) electrons. The summed E-state index contributed by atoms with van der Waals surface area (Å²) in [6.45, 7) is 12.1. The zero-order valence-corrected chi connectivity index (χ0v) is 18.1. The van der Waals surface area contributed by atoms with Gasteiger partial charge in [-0.1, -0.05) is 25.5 Å². The fourth-order valence-corrected chi connectivity index (χ4v) is 3.43. The first-order valence-electron chi connectivity index (χ1n) is 9.69. The van der Waals surface area contributed by atoms with Crippen LogP contribution >= 0.6 is 0 Å². The molecule has 0 aromatic rings. The summed E-state index contributed by atoms with van der Waals surface area (Å²) in [5.74, 6) is -1.82. The summed E-state index contributed by atoms with van der Waals surface area (Å²) in [7, 11) is 0. The molecule has 0 saturated heterocycles. The highest BCUT2D eigenvalue weighted by Crippen LogP contribution is 2.42. The number of allylic oxidation sites excluding steroid dienone is 2. The Kier molecular flexibility index (Phi) is 8.17. The number of ketones is 1. The molecule has 0 aromatic heterocycles. The van der Waals surface area contributed by atoms with Gasteiger partial charge < -0.3 is 14.6 Å². The molecule has 0 heterocycles. The van der Waals surface area contributed by atoms with E-state index in [0.717, 1.165) is 5.57 Å². The van der Waals surface area contributed by atoms with Crippen molar-refractivity contribution in [2.75, 3.05) is 6.61 Å². The van der Waals surface area contributed by atoms with Crippen LogP contribution in [0.4, 0.5) is 0 Å². The Morgan fingerprint density at radius 2 is 1.89 bits per heavy atom. The van der Waals surface area contributed by atoms with Gasteiger partial charge in [0.1, 0.15) is 12.7 Å². The van der Waals surface area contributed by atoms with Crippen molar-refractivity contribution in [2.24, 2.45) is 17.3 Å². The summed E-state index contributed by atoms with van der Waals surface area (Å²) in [4.78, 5) is 36.5. The first kappa shape index (κ1) is 24.1. The van der Waals surface area contributed by atoms with Gasteiger partial charge in [-0.15, -0.1) is 0 Å². The molecule has 158 valence electrons. The molecule has 1 aliphatic rings. The van der Waals surface area contributed by atoms with Crippen molar-refractivity contribution in [3.05, 3.63) is 23.8 Å². The zero-order chi connectivity index (χ0) is 21.7. The van der Waals surface area contributed by atoms with E-state index in [2.05, 4.69) is 0 Å². The Bertz CT molecular complexity index is 646. The molecular formula is C22H34O6. The van der Waals surface area contributed by atoms with Crippen LogP contribution in [0.3, 0.4) is 0 Å². The molecule has 0 spiro atoms. The van der Waals surface area contributed by atoms with E-state index in [9.17, 15) is 19.5 Å². The number of carbonyl (C=O) groups is 3. The van der Waals surface area contributed by atoms with Crippen molar-refractivity contribution < 1.29 is 29.0 Å². The van der Waals surface area contributed by atoms with Gasteiger partial charge in [0, 0.05) is 12.3 Å². The number of esters is 2. The average molecular weight is 395 g/mol. The molecule has 0 aliphatic heterocycles. The van der Waals surface area contributed by atoms with E-state index in [1.165, 1.54) is 13.0 Å². The van der Waals surface area contributed by atoms with E-state index in [1.807, 2.05) is 33.8 Å². The number of rotatable bonds is 8. The Morgan fingerprint density at radius 1 is 1.29 bits per heavy atom. The lowest BCUT2D eigenvalue weighted by atomic mass is 9.64. The highest BCUT2D eigenvalue weighted by molar-refractivity contribution is 5.97. The van der Waals surface area contributed by atoms with Gasteiger partial charge in [-0.2, -0.15) is 0 Å². The summed E-state index contributed by atoms with van der Waals surface area (Å²) in [5.41, 5.74) is -0.951. The average Bonchev–Trinajstić information content (AvgIpc) is 2.53. The third-order valence-corrected chi connectivity index (χ3v) is 5.28. The van der Waals surface area contributed by atoms with Gasteiger partial charge in [0.05, 0.1) is 11.5 Å². The molecule has 6 nitrogen and oxygen atoms in total. The summed E-state index contributed by atoms with van der Waals surface area (Å²) in [5, 5.41) is 10.3. The van der Waals surface area contributed by atoms with Gasteiger partial charge in [-0.3, -0.25) is 14.4 Å². The number of ether oxygens (including phenoxy) is 2. The highest BCUT2D eigenvalue weighted by atomic mass is 16.6. The van der Waals surface area contributed by atoms with E-state index < -0.39 is 29.0 Å². The standard InChI is InChI=1S/C22H34O6/c1-14(2)12-13-27-20(25)16-8-10-18(24)21(4,5)17(16)9-11-19(22(6,7)26)28-15(3)23/h8,10,12,16-17,19,26H,9,11,13H2,1-7H3/t16?,17-,19?/m1/s1. The van der Waals surface area contributed by atoms with Crippen molar-refractivity contribution >= 4 is 17.7 Å². The topological polar surface area (TPSA) is 89.9 Å². The van der Waals surface area contributed by atoms with Gasteiger partial charge in [0.25, 0.3) is 0 Å². The Hall–Kier alpha value is -1.95. The Balaban J connectivity index is 3.01. The fourth-order valence-electron chi connectivity index (χ4n) is 3.43. The quantitative estimate of drug-likeness (QED) is 0.501. The van der Waals surface area contributed by atoms with Crippen LogP contribution in [0.1, 0.15) is 61.3 Å². The molecular weight excluding hydrogens is 360 g/mol. The minimum Gasteiger partial charge on any atom is -0.461 e. The maximum absolute atomic E-state index is 12.7. The monoisotopic (exact) mass is 394 g/mol. The molecule has 0 bridgehead atoms. The van der Waals surface area contributed by atoms with Crippen LogP contribution < -0.4 is 0 Å². The normalized spacial score (nSPS) is 22.4. The Labute approximate surface area is 168 Å². The van der Waals surface area contributed by atoms with E-state index in [0.29, 0.717) is 12.8 Å². The van der Waals surface area contributed by atoms with Gasteiger partial charge in [-0.25, -0.2) is 0 Å². The maximum atomic E-state index is 12.7. The van der Waals surface area contributed by atoms with Crippen LogP contribution in [0.25, 0.3) is 0 Å². The first-order chi connectivity index (χ1) is 12.8. The maximum Gasteiger partial charge on any atom is 0.313 e. The molecule has 3 atom stereocenters. The van der Waals surface area contributed by atoms with Crippen LogP contribution in [0, 0.1) is 17.3 Å². The molecule has 2 unspecified atom stereocenters. The van der Waals surface area contributed by atoms with Crippen molar-refractivity contribution in [3.8, 4) is 0 Å². The third-order valence-electron chi connectivity index (χ3n) is 5.28. The fraction of sp³-hybridized carbons (Fsp3) is 0.682. The molecule has 0 fully saturated rings. The minimum atomic E-state index is -1.23. The van der Waals surface area contributed by atoms with Crippen molar-refractivity contribution in [1.82, 2.24) is 0 Å². The van der Waals surface area contributed by atoms with Crippen LogP contribution in [-0.4, -0.2) is 41.1 Å². The summed E-state index contributed by atoms with van der Waals surface area (Å²) >= 11 is 0. The second kappa shape index (κ2) is 9.50. The molecule has 0 saturated carbocycles. The van der Waals surface area contributed by atoms with Crippen molar-refractivity contribution in [2.45, 2.75) is 73.0 Å². The smallest absolute Gasteiger partial charge is 0.313 e. The Morgan fingerprint density at radius 3 is 2.39 bits per heavy atom. The minimum absolute atomic E-state index is 0.0573. The molecule has 28 heavy (non-hydrogen) atoms. The van der Waals surface area contributed by atoms with Gasteiger partial charge in [0.15, 0.2) is 5.78 Å². The second-order valence-corrected chi connectivity index (χ2v) is 8.82. The highest BCUT2D eigenvalue weighted by Gasteiger charge is 2.46. The second-order valence-electron chi connectivity index (χ2n) is 8.82. The zero-order valence-electron chi connectivity index (χ0n) is 18.1. The summed E-state index contributed by atoms with van der Waals surface area (Å²) in [6, 6.07) is 0. The predicted octanol–water partition coefficient (Wildman–Crippen LogP) is 3.38. The lowest BCUT2D eigenvalue weighted by Gasteiger charge is -2.40. The summed E-state index contributed by atoms with van der Waals surface area (Å²) in [6.07, 6.45) is 4.89. The largest absolute Gasteiger partial charge is 0.461 e. The van der Waals surface area contributed by atoms with Crippen molar-refractivity contribution in [3.63, 3.8) is 0 Å². The molecule has 1 N–H and O–H groups in total. The lowest BCUT2D eigenvalue weighted by molar-refractivity contribution is -0.162. The van der Waals surface area contributed by atoms with Crippen LogP contribution in [-0.2, 0) is 23.9 Å². The van der Waals surface area contributed by atoms with Gasteiger partial charge in [-0.05, 0) is 58.6 Å². The van der Waals surface area contributed by atoms with Crippen LogP contribution in [0.5, 0.6) is 0 Å². The number of hydrogen-bond acceptors (Lipinski definition) is 6. The van der Waals surface area contributed by atoms with Crippen molar-refractivity contribution in [1.29, 1.82) is 0 Å². The van der Waals surface area contributed by atoms with Gasteiger partial charge >= 0.3 is 11.9 Å².